The lowest BCUT2D eigenvalue weighted by Gasteiger charge is -2.37. The number of nitrogens with one attached hydrogen (secondary N) is 1. The summed E-state index contributed by atoms with van der Waals surface area (Å²) in [5, 5.41) is 6.79. The lowest BCUT2D eigenvalue weighted by Crippen LogP contribution is -2.52. The minimum Gasteiger partial charge on any atom is -0.497 e. The topological polar surface area (TPSA) is 53.0 Å². The maximum Gasteiger partial charge on any atom is 0.194 e. The van der Waals surface area contributed by atoms with Crippen LogP contribution in [-0.4, -0.2) is 56.2 Å². The molecule has 2 heterocycles. The van der Waals surface area contributed by atoms with Gasteiger partial charge in [-0.15, -0.1) is 11.3 Å². The van der Waals surface area contributed by atoms with Gasteiger partial charge in [-0.3, -0.25) is 4.99 Å². The van der Waals surface area contributed by atoms with Gasteiger partial charge in [0, 0.05) is 50.2 Å². The van der Waals surface area contributed by atoms with Gasteiger partial charge in [0.1, 0.15) is 5.75 Å². The molecule has 1 N–H and O–H groups in total. The Morgan fingerprint density at radius 2 is 1.93 bits per heavy atom. The maximum absolute atomic E-state index is 5.24. The summed E-state index contributed by atoms with van der Waals surface area (Å²) in [5.74, 6) is 2.32. The largest absolute Gasteiger partial charge is 0.497 e. The van der Waals surface area contributed by atoms with E-state index < -0.39 is 0 Å². The van der Waals surface area contributed by atoms with Crippen LogP contribution >= 0.6 is 11.3 Å². The number of nitrogens with zero attached hydrogens (tertiary/aromatic N) is 4. The molecule has 0 amide bonds. The minimum atomic E-state index is 0.481. The van der Waals surface area contributed by atoms with E-state index in [0.29, 0.717) is 12.5 Å². The van der Waals surface area contributed by atoms with Crippen LogP contribution in [0.5, 0.6) is 5.75 Å². The van der Waals surface area contributed by atoms with Crippen LogP contribution in [0.25, 0.3) is 0 Å². The summed E-state index contributed by atoms with van der Waals surface area (Å²) in [7, 11) is 3.54. The molecule has 0 radical (unpaired) electrons. The Labute approximate surface area is 165 Å². The summed E-state index contributed by atoms with van der Waals surface area (Å²) < 4.78 is 5.24. The van der Waals surface area contributed by atoms with Gasteiger partial charge in [-0.1, -0.05) is 13.8 Å². The number of hydrogen-bond donors (Lipinski definition) is 1. The number of rotatable bonds is 5. The zero-order valence-electron chi connectivity index (χ0n) is 16.6. The number of guanidine groups is 1. The highest BCUT2D eigenvalue weighted by atomic mass is 32.1. The second-order valence-electron chi connectivity index (χ2n) is 6.90. The molecular formula is C20H29N5OS. The van der Waals surface area contributed by atoms with Crippen LogP contribution < -0.4 is 15.0 Å². The summed E-state index contributed by atoms with van der Waals surface area (Å²) >= 11 is 1.73. The Morgan fingerprint density at radius 1 is 1.22 bits per heavy atom. The predicted octanol–water partition coefficient (Wildman–Crippen LogP) is 3.17. The van der Waals surface area contributed by atoms with E-state index in [2.05, 4.69) is 51.5 Å². The van der Waals surface area contributed by atoms with E-state index in [1.54, 1.807) is 18.4 Å². The fraction of sp³-hybridized carbons (Fsp3) is 0.500. The van der Waals surface area contributed by atoms with E-state index in [4.69, 9.17) is 9.72 Å². The number of methoxy groups -OCH3 is 1. The molecule has 146 valence electrons. The first kappa shape index (κ1) is 19.5. The highest BCUT2D eigenvalue weighted by molar-refractivity contribution is 7.09. The molecule has 0 aliphatic carbocycles. The smallest absolute Gasteiger partial charge is 0.194 e. The summed E-state index contributed by atoms with van der Waals surface area (Å²) in [5.41, 5.74) is 2.32. The number of thiazole rings is 1. The van der Waals surface area contributed by atoms with Crippen molar-refractivity contribution in [3.63, 3.8) is 0 Å². The van der Waals surface area contributed by atoms with Crippen LogP contribution in [0.4, 0.5) is 5.69 Å². The van der Waals surface area contributed by atoms with Crippen molar-refractivity contribution < 1.29 is 4.74 Å². The average Bonchev–Trinajstić information content (AvgIpc) is 3.18. The number of benzene rings is 1. The molecule has 27 heavy (non-hydrogen) atoms. The lowest BCUT2D eigenvalue weighted by molar-refractivity contribution is 0.372. The first-order valence-electron chi connectivity index (χ1n) is 9.39. The summed E-state index contributed by atoms with van der Waals surface area (Å²) in [6.45, 7) is 8.91. The SMILES string of the molecule is CN=C(NCc1csc(C(C)C)n1)N1CCN(c2ccc(OC)cc2)CC1. The van der Waals surface area contributed by atoms with Crippen LogP contribution in [-0.2, 0) is 6.54 Å². The normalized spacial score (nSPS) is 15.4. The standard InChI is InChI=1S/C20H29N5OS/c1-15(2)19-23-16(14-27-19)13-22-20(21-3)25-11-9-24(10-12-25)17-5-7-18(26-4)8-6-17/h5-8,14-15H,9-13H2,1-4H3,(H,21,22). The Morgan fingerprint density at radius 3 is 2.48 bits per heavy atom. The number of anilines is 1. The predicted molar refractivity (Wildman–Crippen MR) is 113 cm³/mol. The fourth-order valence-electron chi connectivity index (χ4n) is 3.14. The van der Waals surface area contributed by atoms with Crippen molar-refractivity contribution in [2.75, 3.05) is 45.2 Å². The van der Waals surface area contributed by atoms with Crippen molar-refractivity contribution >= 4 is 23.0 Å². The molecule has 1 aliphatic heterocycles. The Bertz CT molecular complexity index is 748. The number of aliphatic imine (C=N–C) groups is 1. The highest BCUT2D eigenvalue weighted by Crippen LogP contribution is 2.21. The molecule has 7 heteroatoms. The molecule has 1 aliphatic rings. The molecule has 6 nitrogen and oxygen atoms in total. The molecule has 3 rings (SSSR count). The maximum atomic E-state index is 5.24. The quantitative estimate of drug-likeness (QED) is 0.631. The van der Waals surface area contributed by atoms with E-state index in [1.807, 2.05) is 19.2 Å². The zero-order chi connectivity index (χ0) is 19.2. The van der Waals surface area contributed by atoms with Crippen molar-refractivity contribution in [3.05, 3.63) is 40.3 Å². The number of ether oxygens (including phenoxy) is 1. The molecular weight excluding hydrogens is 358 g/mol. The number of hydrogen-bond acceptors (Lipinski definition) is 5. The van der Waals surface area contributed by atoms with Crippen molar-refractivity contribution in [3.8, 4) is 5.75 Å². The summed E-state index contributed by atoms with van der Waals surface area (Å²) in [4.78, 5) is 13.9. The van der Waals surface area contributed by atoms with Crippen molar-refractivity contribution in [1.29, 1.82) is 0 Å². The third-order valence-electron chi connectivity index (χ3n) is 4.72. The molecule has 1 aromatic heterocycles. The number of aromatic nitrogens is 1. The van der Waals surface area contributed by atoms with E-state index in [1.165, 1.54) is 10.7 Å². The minimum absolute atomic E-state index is 0.481. The molecule has 1 aromatic carbocycles. The van der Waals surface area contributed by atoms with E-state index >= 15 is 0 Å². The van der Waals surface area contributed by atoms with Crippen molar-refractivity contribution in [1.82, 2.24) is 15.2 Å². The second-order valence-corrected chi connectivity index (χ2v) is 7.79. The van der Waals surface area contributed by atoms with Crippen molar-refractivity contribution in [2.24, 2.45) is 4.99 Å². The van der Waals surface area contributed by atoms with Crippen LogP contribution in [0, 0.1) is 0 Å². The Balaban J connectivity index is 1.52. The molecule has 0 spiro atoms. The third-order valence-corrected chi connectivity index (χ3v) is 5.91. The lowest BCUT2D eigenvalue weighted by atomic mass is 10.2. The molecule has 1 saturated heterocycles. The van der Waals surface area contributed by atoms with E-state index in [0.717, 1.165) is 43.6 Å². The molecule has 0 bridgehead atoms. The van der Waals surface area contributed by atoms with Gasteiger partial charge in [0.25, 0.3) is 0 Å². The average molecular weight is 388 g/mol. The molecule has 0 atom stereocenters. The van der Waals surface area contributed by atoms with Gasteiger partial charge in [0.05, 0.1) is 24.4 Å². The summed E-state index contributed by atoms with van der Waals surface area (Å²) in [6.07, 6.45) is 0. The van der Waals surface area contributed by atoms with E-state index in [-0.39, 0.29) is 0 Å². The fourth-order valence-corrected chi connectivity index (χ4v) is 3.98. The van der Waals surface area contributed by atoms with Crippen LogP contribution in [0.15, 0.2) is 34.6 Å². The molecule has 0 saturated carbocycles. The van der Waals surface area contributed by atoms with Gasteiger partial charge in [-0.2, -0.15) is 0 Å². The first-order chi connectivity index (χ1) is 13.1. The van der Waals surface area contributed by atoms with Gasteiger partial charge in [-0.25, -0.2) is 4.98 Å². The van der Waals surface area contributed by atoms with Crippen LogP contribution in [0.1, 0.15) is 30.5 Å². The van der Waals surface area contributed by atoms with Crippen molar-refractivity contribution in [2.45, 2.75) is 26.3 Å². The Kier molecular flexibility index (Phi) is 6.55. The highest BCUT2D eigenvalue weighted by Gasteiger charge is 2.20. The van der Waals surface area contributed by atoms with E-state index in [9.17, 15) is 0 Å². The zero-order valence-corrected chi connectivity index (χ0v) is 17.4. The Hall–Kier alpha value is -2.28. The third kappa shape index (κ3) is 4.91. The second kappa shape index (κ2) is 9.08. The first-order valence-corrected chi connectivity index (χ1v) is 10.3. The molecule has 1 fully saturated rings. The van der Waals surface area contributed by atoms with Gasteiger partial charge >= 0.3 is 0 Å². The van der Waals surface area contributed by atoms with Gasteiger partial charge < -0.3 is 19.9 Å². The van der Waals surface area contributed by atoms with Gasteiger partial charge in [0.2, 0.25) is 0 Å². The van der Waals surface area contributed by atoms with Gasteiger partial charge in [0.15, 0.2) is 5.96 Å². The molecule has 0 unspecified atom stereocenters. The number of piperazine rings is 1. The molecule has 2 aromatic rings. The van der Waals surface area contributed by atoms with Crippen LogP contribution in [0.2, 0.25) is 0 Å². The summed E-state index contributed by atoms with van der Waals surface area (Å²) in [6, 6.07) is 8.27. The monoisotopic (exact) mass is 387 g/mol. The van der Waals surface area contributed by atoms with Gasteiger partial charge in [-0.05, 0) is 24.3 Å². The van der Waals surface area contributed by atoms with Crippen LogP contribution in [0.3, 0.4) is 0 Å².